The van der Waals surface area contributed by atoms with Crippen molar-refractivity contribution in [2.24, 2.45) is 11.7 Å². The van der Waals surface area contributed by atoms with Gasteiger partial charge in [0.25, 0.3) is 0 Å². The third-order valence-corrected chi connectivity index (χ3v) is 3.32. The van der Waals surface area contributed by atoms with Crippen LogP contribution in [-0.4, -0.2) is 25.1 Å². The van der Waals surface area contributed by atoms with Gasteiger partial charge in [-0.15, -0.1) is 0 Å². The zero-order valence-electron chi connectivity index (χ0n) is 13.3. The van der Waals surface area contributed by atoms with Crippen molar-refractivity contribution < 1.29 is 9.53 Å². The Morgan fingerprint density at radius 2 is 1.90 bits per heavy atom. The minimum absolute atomic E-state index is 0.0696. The third-order valence-electron chi connectivity index (χ3n) is 3.32. The van der Waals surface area contributed by atoms with Crippen LogP contribution in [0.1, 0.15) is 45.3 Å². The van der Waals surface area contributed by atoms with Crippen molar-refractivity contribution in [2.45, 2.75) is 45.8 Å². The molecule has 0 aliphatic heterocycles. The molecule has 4 nitrogen and oxygen atoms in total. The first-order valence-corrected chi connectivity index (χ1v) is 7.70. The summed E-state index contributed by atoms with van der Waals surface area (Å²) >= 11 is 0. The Hall–Kier alpha value is -1.39. The van der Waals surface area contributed by atoms with E-state index in [4.69, 9.17) is 10.5 Å². The van der Waals surface area contributed by atoms with E-state index in [9.17, 15) is 4.79 Å². The number of rotatable bonds is 9. The van der Waals surface area contributed by atoms with Crippen molar-refractivity contribution >= 4 is 5.91 Å². The summed E-state index contributed by atoms with van der Waals surface area (Å²) in [6.45, 7) is 7.38. The van der Waals surface area contributed by atoms with E-state index >= 15 is 0 Å². The number of nitrogens with two attached hydrogens (primary N) is 1. The highest BCUT2D eigenvalue weighted by Gasteiger charge is 2.14. The summed E-state index contributed by atoms with van der Waals surface area (Å²) in [5.74, 6) is 0.362. The average molecular weight is 292 g/mol. The SMILES string of the molecule is CC(C)C[C@H](N)C(=O)NCCCOC(C)c1ccccc1. The van der Waals surface area contributed by atoms with Crippen molar-refractivity contribution in [1.29, 1.82) is 0 Å². The molecule has 2 atom stereocenters. The van der Waals surface area contributed by atoms with Gasteiger partial charge in [-0.05, 0) is 31.2 Å². The maximum absolute atomic E-state index is 11.7. The smallest absolute Gasteiger partial charge is 0.236 e. The fourth-order valence-corrected chi connectivity index (χ4v) is 2.11. The predicted molar refractivity (Wildman–Crippen MR) is 85.9 cm³/mol. The van der Waals surface area contributed by atoms with Gasteiger partial charge in [-0.25, -0.2) is 0 Å². The predicted octanol–water partition coefficient (Wildman–Crippen LogP) is 2.64. The maximum Gasteiger partial charge on any atom is 0.236 e. The van der Waals surface area contributed by atoms with Gasteiger partial charge < -0.3 is 15.8 Å². The molecule has 0 fully saturated rings. The number of hydrogen-bond acceptors (Lipinski definition) is 3. The largest absolute Gasteiger partial charge is 0.374 e. The van der Waals surface area contributed by atoms with E-state index < -0.39 is 6.04 Å². The first-order valence-electron chi connectivity index (χ1n) is 7.70. The molecule has 0 aliphatic rings. The normalized spacial score (nSPS) is 14.0. The van der Waals surface area contributed by atoms with Crippen LogP contribution in [0, 0.1) is 5.92 Å². The lowest BCUT2D eigenvalue weighted by Gasteiger charge is -2.15. The Bertz CT molecular complexity index is 407. The second-order valence-corrected chi connectivity index (χ2v) is 5.80. The summed E-state index contributed by atoms with van der Waals surface area (Å²) in [6, 6.07) is 9.70. The van der Waals surface area contributed by atoms with Crippen LogP contribution in [-0.2, 0) is 9.53 Å². The van der Waals surface area contributed by atoms with Crippen LogP contribution in [0.2, 0.25) is 0 Å². The average Bonchev–Trinajstić information content (AvgIpc) is 2.46. The summed E-state index contributed by atoms with van der Waals surface area (Å²) in [5.41, 5.74) is 6.98. The number of hydrogen-bond donors (Lipinski definition) is 2. The van der Waals surface area contributed by atoms with Crippen molar-refractivity contribution in [2.75, 3.05) is 13.2 Å². The number of ether oxygens (including phenoxy) is 1. The van der Waals surface area contributed by atoms with Crippen LogP contribution in [0.5, 0.6) is 0 Å². The van der Waals surface area contributed by atoms with Gasteiger partial charge in [0.15, 0.2) is 0 Å². The van der Waals surface area contributed by atoms with Crippen LogP contribution in [0.3, 0.4) is 0 Å². The monoisotopic (exact) mass is 292 g/mol. The van der Waals surface area contributed by atoms with Crippen LogP contribution in [0.4, 0.5) is 0 Å². The van der Waals surface area contributed by atoms with Crippen molar-refractivity contribution in [3.63, 3.8) is 0 Å². The van der Waals surface area contributed by atoms with Crippen LogP contribution in [0.25, 0.3) is 0 Å². The molecule has 118 valence electrons. The topological polar surface area (TPSA) is 64.4 Å². The van der Waals surface area contributed by atoms with Gasteiger partial charge in [-0.1, -0.05) is 44.2 Å². The number of benzene rings is 1. The summed E-state index contributed by atoms with van der Waals surface area (Å²) in [7, 11) is 0. The highest BCUT2D eigenvalue weighted by Crippen LogP contribution is 2.15. The molecule has 4 heteroatoms. The molecule has 1 amide bonds. The summed E-state index contributed by atoms with van der Waals surface area (Å²) in [6.07, 6.45) is 1.58. The van der Waals surface area contributed by atoms with Gasteiger partial charge in [-0.3, -0.25) is 4.79 Å². The Kier molecular flexibility index (Phi) is 8.01. The first kappa shape index (κ1) is 17.7. The van der Waals surface area contributed by atoms with E-state index in [2.05, 4.69) is 31.3 Å². The highest BCUT2D eigenvalue weighted by molar-refractivity contribution is 5.81. The Labute approximate surface area is 128 Å². The molecule has 0 saturated carbocycles. The van der Waals surface area contributed by atoms with Gasteiger partial charge in [0, 0.05) is 13.2 Å². The van der Waals surface area contributed by atoms with E-state index in [-0.39, 0.29) is 12.0 Å². The van der Waals surface area contributed by atoms with E-state index in [1.54, 1.807) is 0 Å². The van der Waals surface area contributed by atoms with Crippen LogP contribution in [0.15, 0.2) is 30.3 Å². The molecule has 0 radical (unpaired) electrons. The fourth-order valence-electron chi connectivity index (χ4n) is 2.11. The molecule has 1 aromatic carbocycles. The molecule has 0 aromatic heterocycles. The first-order chi connectivity index (χ1) is 10.0. The van der Waals surface area contributed by atoms with Gasteiger partial charge in [0.1, 0.15) is 0 Å². The lowest BCUT2D eigenvalue weighted by molar-refractivity contribution is -0.122. The van der Waals surface area contributed by atoms with Gasteiger partial charge in [0.2, 0.25) is 5.91 Å². The maximum atomic E-state index is 11.7. The molecule has 1 aromatic rings. The minimum atomic E-state index is -0.408. The van der Waals surface area contributed by atoms with Gasteiger partial charge in [0.05, 0.1) is 12.1 Å². The number of carbonyl (C=O) groups is 1. The molecule has 3 N–H and O–H groups in total. The quantitative estimate of drug-likeness (QED) is 0.688. The molecular formula is C17H28N2O2. The van der Waals surface area contributed by atoms with Gasteiger partial charge in [-0.2, -0.15) is 0 Å². The highest BCUT2D eigenvalue weighted by atomic mass is 16.5. The van der Waals surface area contributed by atoms with Crippen molar-refractivity contribution in [3.8, 4) is 0 Å². The molecule has 21 heavy (non-hydrogen) atoms. The molecule has 0 bridgehead atoms. The number of amides is 1. The second-order valence-electron chi connectivity index (χ2n) is 5.80. The zero-order chi connectivity index (χ0) is 15.7. The Morgan fingerprint density at radius 1 is 1.24 bits per heavy atom. The fraction of sp³-hybridized carbons (Fsp3) is 0.588. The van der Waals surface area contributed by atoms with E-state index in [1.165, 1.54) is 5.56 Å². The Balaban J connectivity index is 2.13. The van der Waals surface area contributed by atoms with E-state index in [0.717, 1.165) is 6.42 Å². The third kappa shape index (κ3) is 7.25. The summed E-state index contributed by atoms with van der Waals surface area (Å²) in [5, 5.41) is 2.86. The van der Waals surface area contributed by atoms with E-state index in [0.29, 0.717) is 25.5 Å². The standard InChI is InChI=1S/C17H28N2O2/c1-13(2)12-16(18)17(20)19-10-7-11-21-14(3)15-8-5-4-6-9-15/h4-6,8-9,13-14,16H,7,10-12,18H2,1-3H3,(H,19,20)/t14?,16-/m0/s1. The summed E-state index contributed by atoms with van der Waals surface area (Å²) < 4.78 is 5.75. The van der Waals surface area contributed by atoms with Crippen LogP contribution >= 0.6 is 0 Å². The lowest BCUT2D eigenvalue weighted by atomic mass is 10.0. The molecule has 0 spiro atoms. The molecule has 0 saturated heterocycles. The summed E-state index contributed by atoms with van der Waals surface area (Å²) in [4.78, 5) is 11.7. The lowest BCUT2D eigenvalue weighted by Crippen LogP contribution is -2.41. The molecule has 0 heterocycles. The Morgan fingerprint density at radius 3 is 2.52 bits per heavy atom. The molecule has 0 aliphatic carbocycles. The van der Waals surface area contributed by atoms with Crippen molar-refractivity contribution in [3.05, 3.63) is 35.9 Å². The zero-order valence-corrected chi connectivity index (χ0v) is 13.3. The van der Waals surface area contributed by atoms with Crippen LogP contribution < -0.4 is 11.1 Å². The second kappa shape index (κ2) is 9.53. The molecule has 1 rings (SSSR count). The van der Waals surface area contributed by atoms with Crippen molar-refractivity contribution in [1.82, 2.24) is 5.32 Å². The van der Waals surface area contributed by atoms with E-state index in [1.807, 2.05) is 25.1 Å². The molecule has 1 unspecified atom stereocenters. The molecular weight excluding hydrogens is 264 g/mol. The number of carbonyl (C=O) groups excluding carboxylic acids is 1. The van der Waals surface area contributed by atoms with Gasteiger partial charge >= 0.3 is 0 Å². The minimum Gasteiger partial charge on any atom is -0.374 e. The number of nitrogens with one attached hydrogen (secondary N) is 1.